The van der Waals surface area contributed by atoms with E-state index in [9.17, 15) is 32.7 Å². The van der Waals surface area contributed by atoms with Crippen molar-refractivity contribution < 1.29 is 37.5 Å². The number of amides is 4. The number of halogens is 6. The van der Waals surface area contributed by atoms with E-state index in [4.69, 9.17) is 34.8 Å². The van der Waals surface area contributed by atoms with E-state index < -0.39 is 75.4 Å². The Balaban J connectivity index is 1.31. The topological polar surface area (TPSA) is 120 Å². The lowest BCUT2D eigenvalue weighted by Crippen LogP contribution is -2.53. The minimum Gasteiger partial charge on any atom is -0.508 e. The van der Waals surface area contributed by atoms with E-state index in [1.54, 1.807) is 67.6 Å². The van der Waals surface area contributed by atoms with Gasteiger partial charge < -0.3 is 5.11 Å². The molecule has 1 saturated carbocycles. The number of carbonyl (C=O) groups is 4. The number of allylic oxidation sites excluding steroid dienone is 2. The van der Waals surface area contributed by atoms with E-state index in [1.165, 1.54) is 6.07 Å². The number of rotatable bonds is 5. The van der Waals surface area contributed by atoms with Gasteiger partial charge in [0.2, 0.25) is 11.8 Å². The maximum absolute atomic E-state index is 15.3. The van der Waals surface area contributed by atoms with Crippen LogP contribution in [0.25, 0.3) is 0 Å². The number of hydrogen-bond acceptors (Lipinski definition) is 7. The lowest BCUT2D eigenvalue weighted by Gasteiger charge is -2.50. The third-order valence-electron chi connectivity index (χ3n) is 11.2. The van der Waals surface area contributed by atoms with Gasteiger partial charge in [-0.25, -0.2) is 4.98 Å². The maximum Gasteiger partial charge on any atom is 0.417 e. The number of aromatic nitrogens is 1. The number of phenols is 1. The Labute approximate surface area is 321 Å². The Hall–Kier alpha value is -4.91. The third kappa shape index (κ3) is 5.40. The summed E-state index contributed by atoms with van der Waals surface area (Å²) in [7, 11) is 0. The number of alkyl halides is 3. The highest BCUT2D eigenvalue weighted by atomic mass is 35.5. The fraction of sp³-hybridized carbons (Fsp3) is 0.256. The number of anilines is 2. The summed E-state index contributed by atoms with van der Waals surface area (Å²) >= 11 is 18.7. The van der Waals surface area contributed by atoms with Gasteiger partial charge in [-0.2, -0.15) is 18.2 Å². The number of imide groups is 2. The Bertz CT molecular complexity index is 2300. The molecule has 2 N–H and O–H groups in total. The minimum atomic E-state index is -4.75. The monoisotopic (exact) mass is 794 g/mol. The third-order valence-corrected chi connectivity index (χ3v) is 12.0. The molecule has 2 aliphatic carbocycles. The van der Waals surface area contributed by atoms with Crippen molar-refractivity contribution >= 4 is 69.9 Å². The average Bonchev–Trinajstić information content (AvgIpc) is 3.51. The summed E-state index contributed by atoms with van der Waals surface area (Å²) in [5.41, 5.74) is 2.27. The van der Waals surface area contributed by atoms with Crippen LogP contribution >= 0.6 is 34.8 Å². The molecule has 15 heteroatoms. The van der Waals surface area contributed by atoms with E-state index in [1.807, 2.05) is 6.08 Å². The number of aryl methyl sites for hydroxylation is 1. The first kappa shape index (κ1) is 36.1. The molecular formula is C39H28Cl3F3N4O5. The Morgan fingerprint density at radius 3 is 2.17 bits per heavy atom. The van der Waals surface area contributed by atoms with Gasteiger partial charge in [0.15, 0.2) is 5.82 Å². The van der Waals surface area contributed by atoms with Crippen molar-refractivity contribution in [3.63, 3.8) is 0 Å². The summed E-state index contributed by atoms with van der Waals surface area (Å²) in [5, 5.41) is 11.6. The summed E-state index contributed by atoms with van der Waals surface area (Å²) in [4.78, 5) is 63.4. The highest BCUT2D eigenvalue weighted by Crippen LogP contribution is 2.64. The molecule has 0 bridgehead atoms. The molecule has 2 aliphatic heterocycles. The number of benzene rings is 3. The zero-order valence-corrected chi connectivity index (χ0v) is 30.3. The van der Waals surface area contributed by atoms with Crippen molar-refractivity contribution in [2.24, 2.45) is 23.7 Å². The highest BCUT2D eigenvalue weighted by Gasteiger charge is 2.70. The SMILES string of the molecule is Cc1cc([C@H]2C3=CC[C@@H]4C(=O)N(c5ccc(Cl)cc5)C(=O)[C@@H]4[C@@H]3C[C@H]3C(=O)N(Nc4ncc(C(F)(F)F)cc4Cl)C(=O)[C@@]23c2ccc(Cl)cc2)ccc1O. The number of phenolic OH excluding ortho intramolecular Hbond substituents is 1. The molecule has 6 atom stereocenters. The van der Waals surface area contributed by atoms with Gasteiger partial charge in [-0.15, -0.1) is 0 Å². The fourth-order valence-corrected chi connectivity index (χ4v) is 9.32. The largest absolute Gasteiger partial charge is 0.508 e. The second-order valence-electron chi connectivity index (χ2n) is 14.0. The second kappa shape index (κ2) is 12.9. The molecule has 3 heterocycles. The zero-order chi connectivity index (χ0) is 38.4. The van der Waals surface area contributed by atoms with Gasteiger partial charge >= 0.3 is 6.18 Å². The van der Waals surface area contributed by atoms with Crippen molar-refractivity contribution in [2.75, 3.05) is 10.3 Å². The number of aromatic hydroxyl groups is 1. The molecule has 0 spiro atoms. The lowest BCUT2D eigenvalue weighted by atomic mass is 9.49. The number of hydrogen-bond donors (Lipinski definition) is 2. The number of nitrogens with one attached hydrogen (secondary N) is 1. The Morgan fingerprint density at radius 1 is 0.870 bits per heavy atom. The van der Waals surface area contributed by atoms with Crippen LogP contribution in [0.5, 0.6) is 5.75 Å². The number of pyridine rings is 1. The smallest absolute Gasteiger partial charge is 0.417 e. The number of carbonyl (C=O) groups excluding carboxylic acids is 4. The van der Waals surface area contributed by atoms with Crippen molar-refractivity contribution in [2.45, 2.75) is 37.3 Å². The van der Waals surface area contributed by atoms with Crippen LogP contribution in [0.15, 0.2) is 90.6 Å². The second-order valence-corrected chi connectivity index (χ2v) is 15.2. The van der Waals surface area contributed by atoms with Gasteiger partial charge in [-0.1, -0.05) is 70.7 Å². The van der Waals surface area contributed by atoms with Gasteiger partial charge in [0.1, 0.15) is 5.75 Å². The maximum atomic E-state index is 15.3. The van der Waals surface area contributed by atoms with Gasteiger partial charge in [0.05, 0.1) is 39.4 Å². The van der Waals surface area contributed by atoms with Crippen LogP contribution in [0.2, 0.25) is 15.1 Å². The molecule has 0 radical (unpaired) electrons. The zero-order valence-electron chi connectivity index (χ0n) is 28.1. The number of fused-ring (bicyclic) bond motifs is 4. The molecular weight excluding hydrogens is 768 g/mol. The molecule has 276 valence electrons. The summed E-state index contributed by atoms with van der Waals surface area (Å²) in [6.07, 6.45) is -2.19. The van der Waals surface area contributed by atoms with E-state index in [0.29, 0.717) is 50.3 Å². The summed E-state index contributed by atoms with van der Waals surface area (Å²) in [6, 6.07) is 18.3. The predicted molar refractivity (Wildman–Crippen MR) is 194 cm³/mol. The quantitative estimate of drug-likeness (QED) is 0.154. The molecule has 1 aromatic heterocycles. The van der Waals surface area contributed by atoms with Crippen LogP contribution in [0.3, 0.4) is 0 Å². The van der Waals surface area contributed by atoms with Gasteiger partial charge in [-0.3, -0.25) is 29.5 Å². The Kier molecular flexibility index (Phi) is 8.59. The van der Waals surface area contributed by atoms with Crippen LogP contribution < -0.4 is 10.3 Å². The van der Waals surface area contributed by atoms with Crippen molar-refractivity contribution in [1.29, 1.82) is 0 Å². The van der Waals surface area contributed by atoms with E-state index in [2.05, 4.69) is 10.4 Å². The predicted octanol–water partition coefficient (Wildman–Crippen LogP) is 8.26. The molecule has 4 aliphatic rings. The molecule has 0 unspecified atom stereocenters. The van der Waals surface area contributed by atoms with Gasteiger partial charge in [0.25, 0.3) is 11.8 Å². The molecule has 54 heavy (non-hydrogen) atoms. The standard InChI is InChI=1S/C39H28Cl3F3N4O5/c1-18-14-19(2-13-30(18)50)32-25-11-12-26-31(36(53)48(34(26)51)24-9-7-23(41)8-10-24)27(25)16-28-35(52)49(37(54)38(28,32)20-3-5-22(40)6-4-20)47-33-29(42)15-21(17-46-33)39(43,44)45/h2-11,13-15,17,26-28,31-32,50H,12,16H2,1H3,(H,46,47)/t26-,27+,28-,31-,32-,38+/m0/s1. The number of hydrazine groups is 1. The van der Waals surface area contributed by atoms with Crippen molar-refractivity contribution in [1.82, 2.24) is 9.99 Å². The van der Waals surface area contributed by atoms with Crippen LogP contribution in [-0.4, -0.2) is 38.7 Å². The van der Waals surface area contributed by atoms with Crippen LogP contribution in [-0.2, 0) is 30.8 Å². The number of nitrogens with zero attached hydrogens (tertiary/aromatic N) is 3. The lowest BCUT2D eigenvalue weighted by molar-refractivity contribution is -0.139. The molecule has 3 aromatic carbocycles. The van der Waals surface area contributed by atoms with Crippen LogP contribution in [0, 0.1) is 30.6 Å². The van der Waals surface area contributed by atoms with E-state index in [-0.39, 0.29) is 24.4 Å². The summed E-state index contributed by atoms with van der Waals surface area (Å²) in [6.45, 7) is 1.69. The molecule has 8 rings (SSSR count). The van der Waals surface area contributed by atoms with Crippen molar-refractivity contribution in [3.8, 4) is 5.75 Å². The normalized spacial score (nSPS) is 26.4. The first-order chi connectivity index (χ1) is 25.6. The van der Waals surface area contributed by atoms with Gasteiger partial charge in [-0.05, 0) is 90.9 Å². The molecule has 4 aromatic rings. The van der Waals surface area contributed by atoms with E-state index in [0.717, 1.165) is 9.91 Å². The summed E-state index contributed by atoms with van der Waals surface area (Å²) in [5.74, 6) is -7.09. The first-order valence-electron chi connectivity index (χ1n) is 16.9. The highest BCUT2D eigenvalue weighted by molar-refractivity contribution is 6.33. The van der Waals surface area contributed by atoms with Crippen LogP contribution in [0.1, 0.15) is 41.0 Å². The minimum absolute atomic E-state index is 0.00352. The van der Waals surface area contributed by atoms with Crippen molar-refractivity contribution in [3.05, 3.63) is 128 Å². The Morgan fingerprint density at radius 2 is 1.54 bits per heavy atom. The fourth-order valence-electron chi connectivity index (χ4n) is 8.86. The molecule has 3 fully saturated rings. The van der Waals surface area contributed by atoms with E-state index >= 15 is 4.79 Å². The first-order valence-corrected chi connectivity index (χ1v) is 18.0. The molecule has 9 nitrogen and oxygen atoms in total. The summed E-state index contributed by atoms with van der Waals surface area (Å²) < 4.78 is 40.4. The molecule has 2 saturated heterocycles. The average molecular weight is 796 g/mol. The molecule has 4 amide bonds. The van der Waals surface area contributed by atoms with Crippen LogP contribution in [0.4, 0.5) is 24.7 Å². The van der Waals surface area contributed by atoms with Gasteiger partial charge in [0, 0.05) is 22.2 Å².